The van der Waals surface area contributed by atoms with E-state index in [9.17, 15) is 18.0 Å². The van der Waals surface area contributed by atoms with Gasteiger partial charge in [0, 0.05) is 19.2 Å². The molecule has 0 bridgehead atoms. The van der Waals surface area contributed by atoms with Crippen LogP contribution in [-0.2, 0) is 4.74 Å². The highest BCUT2D eigenvalue weighted by molar-refractivity contribution is 5.94. The van der Waals surface area contributed by atoms with E-state index in [1.54, 1.807) is 19.1 Å². The van der Waals surface area contributed by atoms with Gasteiger partial charge >= 0.3 is 12.1 Å². The number of hydrogen-bond donors (Lipinski definition) is 1. The second kappa shape index (κ2) is 7.72. The van der Waals surface area contributed by atoms with Gasteiger partial charge in [-0.15, -0.1) is 0 Å². The van der Waals surface area contributed by atoms with Gasteiger partial charge in [-0.25, -0.2) is 9.78 Å². The second-order valence-electron chi connectivity index (χ2n) is 4.12. The second-order valence-corrected chi connectivity index (χ2v) is 4.12. The van der Waals surface area contributed by atoms with Gasteiger partial charge < -0.3 is 10.1 Å². The third kappa shape index (κ3) is 5.90. The third-order valence-corrected chi connectivity index (χ3v) is 2.48. The van der Waals surface area contributed by atoms with E-state index < -0.39 is 18.6 Å². The molecule has 1 aromatic heterocycles. The molecule has 112 valence electrons. The normalized spacial score (nSPS) is 11.2. The molecule has 0 aliphatic carbocycles. The number of pyridine rings is 1. The predicted molar refractivity (Wildman–Crippen MR) is 68.6 cm³/mol. The van der Waals surface area contributed by atoms with Gasteiger partial charge in [-0.1, -0.05) is 0 Å². The standard InChI is InChI=1S/C13H17F3N2O2/c1-2-20-12(19)10-6-5-9-18-11(10)17-8-4-3-7-13(14,15)16/h5-6,9H,2-4,7-8H2,1H3,(H,17,18). The minimum atomic E-state index is -4.12. The van der Waals surface area contributed by atoms with Gasteiger partial charge in [-0.05, 0) is 31.9 Å². The molecule has 0 saturated heterocycles. The summed E-state index contributed by atoms with van der Waals surface area (Å²) in [7, 11) is 0. The number of nitrogens with one attached hydrogen (secondary N) is 1. The van der Waals surface area contributed by atoms with E-state index in [4.69, 9.17) is 4.74 Å². The van der Waals surface area contributed by atoms with E-state index in [-0.39, 0.29) is 18.6 Å². The van der Waals surface area contributed by atoms with Crippen LogP contribution in [0, 0.1) is 0 Å². The molecule has 20 heavy (non-hydrogen) atoms. The average molecular weight is 290 g/mol. The number of carbonyl (C=O) groups is 1. The Balaban J connectivity index is 2.46. The number of hydrogen-bond acceptors (Lipinski definition) is 4. The quantitative estimate of drug-likeness (QED) is 0.617. The number of esters is 1. The van der Waals surface area contributed by atoms with Gasteiger partial charge in [-0.3, -0.25) is 0 Å². The molecule has 1 aromatic rings. The first-order chi connectivity index (χ1) is 9.44. The van der Waals surface area contributed by atoms with Crippen molar-refractivity contribution in [1.29, 1.82) is 0 Å². The van der Waals surface area contributed by atoms with Crippen molar-refractivity contribution in [2.24, 2.45) is 0 Å². The highest BCUT2D eigenvalue weighted by Crippen LogP contribution is 2.22. The monoisotopic (exact) mass is 290 g/mol. The highest BCUT2D eigenvalue weighted by Gasteiger charge is 2.25. The number of carbonyl (C=O) groups excluding carboxylic acids is 1. The van der Waals surface area contributed by atoms with Crippen LogP contribution in [0.1, 0.15) is 36.5 Å². The first-order valence-electron chi connectivity index (χ1n) is 6.37. The molecule has 0 aromatic carbocycles. The first kappa shape index (κ1) is 16.3. The van der Waals surface area contributed by atoms with Gasteiger partial charge in [0.1, 0.15) is 11.4 Å². The van der Waals surface area contributed by atoms with Crippen LogP contribution in [0.25, 0.3) is 0 Å². The molecule has 0 saturated carbocycles. The number of nitrogens with zero attached hydrogens (tertiary/aromatic N) is 1. The molecule has 4 nitrogen and oxygen atoms in total. The van der Waals surface area contributed by atoms with Crippen LogP contribution in [-0.4, -0.2) is 30.3 Å². The van der Waals surface area contributed by atoms with E-state index in [0.29, 0.717) is 18.8 Å². The van der Waals surface area contributed by atoms with Crippen molar-refractivity contribution >= 4 is 11.8 Å². The van der Waals surface area contributed by atoms with E-state index in [2.05, 4.69) is 10.3 Å². The number of rotatable bonds is 7. The molecule has 1 heterocycles. The molecule has 0 fully saturated rings. The maximum Gasteiger partial charge on any atom is 0.389 e. The zero-order chi connectivity index (χ0) is 15.0. The highest BCUT2D eigenvalue weighted by atomic mass is 19.4. The topological polar surface area (TPSA) is 51.2 Å². The van der Waals surface area contributed by atoms with Crippen LogP contribution in [0.2, 0.25) is 0 Å². The lowest BCUT2D eigenvalue weighted by atomic mass is 10.2. The first-order valence-corrected chi connectivity index (χ1v) is 6.37. The average Bonchev–Trinajstić information content (AvgIpc) is 2.38. The van der Waals surface area contributed by atoms with E-state index in [0.717, 1.165) is 0 Å². The van der Waals surface area contributed by atoms with Gasteiger partial charge in [-0.2, -0.15) is 13.2 Å². The van der Waals surface area contributed by atoms with Crippen molar-refractivity contribution in [3.63, 3.8) is 0 Å². The van der Waals surface area contributed by atoms with Crippen LogP contribution >= 0.6 is 0 Å². The van der Waals surface area contributed by atoms with Crippen LogP contribution < -0.4 is 5.32 Å². The van der Waals surface area contributed by atoms with Crippen molar-refractivity contribution in [3.8, 4) is 0 Å². The fourth-order valence-electron chi connectivity index (χ4n) is 1.58. The summed E-state index contributed by atoms with van der Waals surface area (Å²) in [6.45, 7) is 2.26. The summed E-state index contributed by atoms with van der Waals surface area (Å²) in [6, 6.07) is 3.16. The number of alkyl halides is 3. The third-order valence-electron chi connectivity index (χ3n) is 2.48. The Bertz CT molecular complexity index is 436. The van der Waals surface area contributed by atoms with Crippen molar-refractivity contribution in [2.75, 3.05) is 18.5 Å². The van der Waals surface area contributed by atoms with Gasteiger partial charge in [0.05, 0.1) is 6.61 Å². The molecule has 0 aliphatic heterocycles. The maximum absolute atomic E-state index is 12.0. The van der Waals surface area contributed by atoms with Crippen LogP contribution in [0.4, 0.5) is 19.0 Å². The molecule has 0 atom stereocenters. The fraction of sp³-hybridized carbons (Fsp3) is 0.538. The van der Waals surface area contributed by atoms with Crippen molar-refractivity contribution in [3.05, 3.63) is 23.9 Å². The van der Waals surface area contributed by atoms with Crippen molar-refractivity contribution < 1.29 is 22.7 Å². The Morgan fingerprint density at radius 1 is 1.40 bits per heavy atom. The van der Waals surface area contributed by atoms with E-state index in [1.165, 1.54) is 6.20 Å². The molecule has 0 unspecified atom stereocenters. The Labute approximate surface area is 115 Å². The molecule has 1 N–H and O–H groups in total. The van der Waals surface area contributed by atoms with Gasteiger partial charge in [0.25, 0.3) is 0 Å². The Morgan fingerprint density at radius 3 is 2.80 bits per heavy atom. The van der Waals surface area contributed by atoms with Crippen molar-refractivity contribution in [2.45, 2.75) is 32.4 Å². The molecule has 0 radical (unpaired) electrons. The number of ether oxygens (including phenoxy) is 1. The largest absolute Gasteiger partial charge is 0.462 e. The molecule has 0 spiro atoms. The zero-order valence-electron chi connectivity index (χ0n) is 11.2. The summed E-state index contributed by atoms with van der Waals surface area (Å²) in [5.41, 5.74) is 0.283. The van der Waals surface area contributed by atoms with Crippen LogP contribution in [0.5, 0.6) is 0 Å². The summed E-state index contributed by atoms with van der Waals surface area (Å²) in [4.78, 5) is 15.6. The summed E-state index contributed by atoms with van der Waals surface area (Å²) in [5.74, 6) is -0.170. The molecule has 1 rings (SSSR count). The lowest BCUT2D eigenvalue weighted by Gasteiger charge is -2.10. The predicted octanol–water partition coefficient (Wildman–Crippen LogP) is 3.40. The number of unbranched alkanes of at least 4 members (excludes halogenated alkanes) is 1. The molecule has 0 amide bonds. The van der Waals surface area contributed by atoms with E-state index >= 15 is 0 Å². The Hall–Kier alpha value is -1.79. The molecule has 7 heteroatoms. The summed E-state index contributed by atoms with van der Waals surface area (Å²) >= 11 is 0. The van der Waals surface area contributed by atoms with Crippen LogP contribution in [0.3, 0.4) is 0 Å². The minimum absolute atomic E-state index is 0.0398. The lowest BCUT2D eigenvalue weighted by Crippen LogP contribution is -2.13. The Morgan fingerprint density at radius 2 is 2.15 bits per heavy atom. The number of anilines is 1. The number of halogens is 3. The smallest absolute Gasteiger partial charge is 0.389 e. The molecular formula is C13H17F3N2O2. The summed E-state index contributed by atoms with van der Waals surface area (Å²) in [6.07, 6.45) is -3.04. The zero-order valence-corrected chi connectivity index (χ0v) is 11.2. The molecule has 0 aliphatic rings. The maximum atomic E-state index is 12.0. The van der Waals surface area contributed by atoms with E-state index in [1.807, 2.05) is 0 Å². The number of aromatic nitrogens is 1. The molecular weight excluding hydrogens is 273 g/mol. The Kier molecular flexibility index (Phi) is 6.27. The summed E-state index contributed by atoms with van der Waals surface area (Å²) in [5, 5.41) is 2.86. The van der Waals surface area contributed by atoms with Crippen LogP contribution in [0.15, 0.2) is 18.3 Å². The minimum Gasteiger partial charge on any atom is -0.462 e. The lowest BCUT2D eigenvalue weighted by molar-refractivity contribution is -0.135. The van der Waals surface area contributed by atoms with Gasteiger partial charge in [0.2, 0.25) is 0 Å². The summed E-state index contributed by atoms with van der Waals surface area (Å²) < 4.78 is 40.8. The van der Waals surface area contributed by atoms with Crippen molar-refractivity contribution in [1.82, 2.24) is 4.98 Å². The fourth-order valence-corrected chi connectivity index (χ4v) is 1.58. The van der Waals surface area contributed by atoms with Gasteiger partial charge in [0.15, 0.2) is 0 Å². The SMILES string of the molecule is CCOC(=O)c1cccnc1NCCCCC(F)(F)F.